The molecule has 0 spiro atoms. The van der Waals surface area contributed by atoms with Crippen LogP contribution in [-0.2, 0) is 16.0 Å². The molecule has 0 aliphatic rings. The molecule has 13 heavy (non-hydrogen) atoms. The van der Waals surface area contributed by atoms with Crippen LogP contribution in [0.4, 0.5) is 0 Å². The Labute approximate surface area is 83.3 Å². The molecule has 0 fully saturated rings. The van der Waals surface area contributed by atoms with Gasteiger partial charge in [-0.05, 0) is 5.56 Å². The summed E-state index contributed by atoms with van der Waals surface area (Å²) in [7, 11) is 0. The molecule has 1 aromatic rings. The van der Waals surface area contributed by atoms with Crippen molar-refractivity contribution in [3.63, 3.8) is 0 Å². The summed E-state index contributed by atoms with van der Waals surface area (Å²) >= 11 is 4.66. The number of esters is 1. The smallest absolute Gasteiger partial charge is 0.310 e. The third-order valence-corrected chi connectivity index (χ3v) is 1.70. The molecule has 0 atom stereocenters. The van der Waals surface area contributed by atoms with Gasteiger partial charge in [0, 0.05) is 5.75 Å². The first-order valence-electron chi connectivity index (χ1n) is 4.10. The molecular weight excluding hydrogens is 184 g/mol. The lowest BCUT2D eigenvalue weighted by Gasteiger charge is -2.01. The van der Waals surface area contributed by atoms with Gasteiger partial charge < -0.3 is 4.74 Å². The van der Waals surface area contributed by atoms with Crippen molar-refractivity contribution in [2.45, 2.75) is 6.42 Å². The van der Waals surface area contributed by atoms with Crippen molar-refractivity contribution in [2.24, 2.45) is 0 Å². The summed E-state index contributed by atoms with van der Waals surface area (Å²) in [5, 5.41) is 0. The Balaban J connectivity index is 2.37. The van der Waals surface area contributed by atoms with E-state index in [1.165, 1.54) is 0 Å². The zero-order valence-electron chi connectivity index (χ0n) is 7.23. The summed E-state index contributed by atoms with van der Waals surface area (Å²) in [6, 6.07) is 9.51. The van der Waals surface area contributed by atoms with Crippen molar-refractivity contribution in [3.05, 3.63) is 35.9 Å². The first-order valence-corrected chi connectivity index (χ1v) is 4.68. The van der Waals surface area contributed by atoms with Crippen LogP contribution in [0.25, 0.3) is 0 Å². The number of benzene rings is 1. The fraction of sp³-hybridized carbons (Fsp3) is 0.300. The minimum absolute atomic E-state index is 0.212. The fourth-order valence-electron chi connectivity index (χ4n) is 0.969. The third-order valence-electron chi connectivity index (χ3n) is 1.54. The minimum atomic E-state index is -0.212. The molecule has 0 saturated heterocycles. The summed E-state index contributed by atoms with van der Waals surface area (Å²) in [5.74, 6) is 0.247. The van der Waals surface area contributed by atoms with E-state index < -0.39 is 0 Å². The van der Waals surface area contributed by atoms with Crippen LogP contribution >= 0.6 is 12.6 Å². The molecule has 2 nitrogen and oxygen atoms in total. The molecule has 1 rings (SSSR count). The van der Waals surface area contributed by atoms with Crippen LogP contribution in [0.2, 0.25) is 0 Å². The summed E-state index contributed by atoms with van der Waals surface area (Å²) < 4.78 is 4.85. The normalized spacial score (nSPS) is 9.62. The van der Waals surface area contributed by atoms with Crippen molar-refractivity contribution >= 4 is 18.6 Å². The van der Waals surface area contributed by atoms with Crippen LogP contribution in [0.1, 0.15) is 5.56 Å². The molecule has 0 N–H and O–H groups in total. The summed E-state index contributed by atoms with van der Waals surface area (Å²) in [6.45, 7) is 0.334. The summed E-state index contributed by atoms with van der Waals surface area (Å²) in [4.78, 5) is 11.1. The van der Waals surface area contributed by atoms with E-state index in [4.69, 9.17) is 4.74 Å². The molecule has 1 radical (unpaired) electrons. The molecule has 3 heteroatoms. The van der Waals surface area contributed by atoms with Gasteiger partial charge >= 0.3 is 5.97 Å². The highest BCUT2D eigenvalue weighted by molar-refractivity contribution is 7.80. The molecule has 0 aliphatic heterocycles. The maximum atomic E-state index is 11.1. The SMILES string of the molecule is O=C(Cc1ccccc1)OCC[S]. The third kappa shape index (κ3) is 3.99. The van der Waals surface area contributed by atoms with Crippen LogP contribution in [0.3, 0.4) is 0 Å². The molecule has 0 aliphatic carbocycles. The van der Waals surface area contributed by atoms with E-state index in [0.717, 1.165) is 5.56 Å². The van der Waals surface area contributed by atoms with Gasteiger partial charge in [0.1, 0.15) is 6.61 Å². The van der Waals surface area contributed by atoms with E-state index in [0.29, 0.717) is 18.8 Å². The molecular formula is C10H11O2S. The van der Waals surface area contributed by atoms with E-state index in [-0.39, 0.29) is 5.97 Å². The maximum Gasteiger partial charge on any atom is 0.310 e. The summed E-state index contributed by atoms with van der Waals surface area (Å²) in [5.41, 5.74) is 0.969. The lowest BCUT2D eigenvalue weighted by molar-refractivity contribution is -0.142. The number of ether oxygens (including phenoxy) is 1. The monoisotopic (exact) mass is 195 g/mol. The van der Waals surface area contributed by atoms with Crippen LogP contribution in [0.5, 0.6) is 0 Å². The van der Waals surface area contributed by atoms with Crippen molar-refractivity contribution in [2.75, 3.05) is 12.4 Å². The highest BCUT2D eigenvalue weighted by Crippen LogP contribution is 2.00. The van der Waals surface area contributed by atoms with E-state index in [9.17, 15) is 4.79 Å². The second-order valence-electron chi connectivity index (χ2n) is 2.59. The van der Waals surface area contributed by atoms with Gasteiger partial charge in [-0.15, -0.1) is 0 Å². The van der Waals surface area contributed by atoms with Crippen LogP contribution in [-0.4, -0.2) is 18.3 Å². The molecule has 69 valence electrons. The second-order valence-corrected chi connectivity index (χ2v) is 3.00. The Morgan fingerprint density at radius 3 is 2.62 bits per heavy atom. The maximum absolute atomic E-state index is 11.1. The zero-order chi connectivity index (χ0) is 9.52. The van der Waals surface area contributed by atoms with E-state index >= 15 is 0 Å². The van der Waals surface area contributed by atoms with Gasteiger partial charge in [-0.2, -0.15) is 0 Å². The standard InChI is InChI=1S/C10H11O2S/c11-10(12-6-7-13)8-9-4-2-1-3-5-9/h1-5H,6-8H2. The predicted molar refractivity (Wildman–Crippen MR) is 53.6 cm³/mol. The predicted octanol–water partition coefficient (Wildman–Crippen LogP) is 1.97. The van der Waals surface area contributed by atoms with Gasteiger partial charge in [0.25, 0.3) is 0 Å². The Morgan fingerprint density at radius 1 is 1.31 bits per heavy atom. The number of hydrogen-bond donors (Lipinski definition) is 0. The van der Waals surface area contributed by atoms with E-state index in [2.05, 4.69) is 12.6 Å². The van der Waals surface area contributed by atoms with Gasteiger partial charge in [0.05, 0.1) is 6.42 Å². The first kappa shape index (κ1) is 10.1. The second kappa shape index (κ2) is 5.65. The van der Waals surface area contributed by atoms with Crippen molar-refractivity contribution in [3.8, 4) is 0 Å². The van der Waals surface area contributed by atoms with Gasteiger partial charge in [0.15, 0.2) is 0 Å². The average Bonchev–Trinajstić information content (AvgIpc) is 2.16. The van der Waals surface area contributed by atoms with Crippen LogP contribution < -0.4 is 0 Å². The molecule has 0 bridgehead atoms. The van der Waals surface area contributed by atoms with Crippen LogP contribution in [0.15, 0.2) is 30.3 Å². The average molecular weight is 195 g/mol. The van der Waals surface area contributed by atoms with Gasteiger partial charge in [-0.1, -0.05) is 43.0 Å². The van der Waals surface area contributed by atoms with Gasteiger partial charge in [-0.25, -0.2) is 0 Å². The number of hydrogen-bond acceptors (Lipinski definition) is 2. The lowest BCUT2D eigenvalue weighted by atomic mass is 10.2. The first-order chi connectivity index (χ1) is 6.33. The summed E-state index contributed by atoms with van der Waals surface area (Å²) in [6.07, 6.45) is 0.330. The van der Waals surface area contributed by atoms with Gasteiger partial charge in [0.2, 0.25) is 0 Å². The number of carbonyl (C=O) groups excluding carboxylic acids is 1. The van der Waals surface area contributed by atoms with Crippen molar-refractivity contribution in [1.82, 2.24) is 0 Å². The Hall–Kier alpha value is -0.960. The Morgan fingerprint density at radius 2 is 2.00 bits per heavy atom. The van der Waals surface area contributed by atoms with E-state index in [1.807, 2.05) is 30.3 Å². The molecule has 0 unspecified atom stereocenters. The molecule has 0 amide bonds. The number of rotatable bonds is 4. The van der Waals surface area contributed by atoms with Crippen molar-refractivity contribution in [1.29, 1.82) is 0 Å². The quantitative estimate of drug-likeness (QED) is 0.687. The molecule has 0 saturated carbocycles. The Bertz CT molecular complexity index is 259. The molecule has 0 aromatic heterocycles. The minimum Gasteiger partial charge on any atom is -0.465 e. The topological polar surface area (TPSA) is 26.3 Å². The highest BCUT2D eigenvalue weighted by atomic mass is 32.1. The number of carbonyl (C=O) groups is 1. The zero-order valence-corrected chi connectivity index (χ0v) is 8.05. The molecule has 1 aromatic carbocycles. The van der Waals surface area contributed by atoms with Gasteiger partial charge in [-0.3, -0.25) is 4.79 Å². The largest absolute Gasteiger partial charge is 0.465 e. The van der Waals surface area contributed by atoms with Crippen LogP contribution in [0, 0.1) is 0 Å². The fourth-order valence-corrected chi connectivity index (χ4v) is 1.05. The van der Waals surface area contributed by atoms with Crippen molar-refractivity contribution < 1.29 is 9.53 Å². The highest BCUT2D eigenvalue weighted by Gasteiger charge is 2.02. The molecule has 0 heterocycles. The van der Waals surface area contributed by atoms with E-state index in [1.54, 1.807) is 0 Å². The Kier molecular flexibility index (Phi) is 4.40. The lowest BCUT2D eigenvalue weighted by Crippen LogP contribution is -2.09.